The molecule has 2 rings (SSSR count). The lowest BCUT2D eigenvalue weighted by atomic mass is 10.1. The second-order valence-electron chi connectivity index (χ2n) is 8.18. The molecule has 2 saturated heterocycles. The van der Waals surface area contributed by atoms with Crippen molar-refractivity contribution in [1.29, 1.82) is 0 Å². The third-order valence-electron chi connectivity index (χ3n) is 4.69. The molecule has 140 valence electrons. The van der Waals surface area contributed by atoms with E-state index in [2.05, 4.69) is 32.6 Å². The summed E-state index contributed by atoms with van der Waals surface area (Å²) in [7, 11) is 0. The highest BCUT2D eigenvalue weighted by Crippen LogP contribution is 2.19. The van der Waals surface area contributed by atoms with Gasteiger partial charge >= 0.3 is 0 Å². The van der Waals surface area contributed by atoms with Crippen LogP contribution in [0.25, 0.3) is 0 Å². The molecule has 0 aliphatic carbocycles. The zero-order valence-corrected chi connectivity index (χ0v) is 16.0. The molecule has 0 aromatic rings. The van der Waals surface area contributed by atoms with Crippen molar-refractivity contribution in [3.63, 3.8) is 0 Å². The van der Waals surface area contributed by atoms with Crippen molar-refractivity contribution in [2.24, 2.45) is 11.8 Å². The van der Waals surface area contributed by atoms with Crippen molar-refractivity contribution in [1.82, 2.24) is 9.80 Å². The molecular formula is C19H36N2O3. The van der Waals surface area contributed by atoms with E-state index in [1.165, 1.54) is 0 Å². The topological polar surface area (TPSA) is 42.0 Å². The van der Waals surface area contributed by atoms with E-state index in [9.17, 15) is 4.79 Å². The van der Waals surface area contributed by atoms with Crippen molar-refractivity contribution in [2.75, 3.05) is 45.9 Å². The molecule has 2 fully saturated rings. The molecule has 0 N–H and O–H groups in total. The fourth-order valence-corrected chi connectivity index (χ4v) is 3.55. The third kappa shape index (κ3) is 6.69. The Hall–Kier alpha value is -0.650. The summed E-state index contributed by atoms with van der Waals surface area (Å²) in [6, 6.07) is 0. The van der Waals surface area contributed by atoms with Crippen LogP contribution in [0.4, 0.5) is 0 Å². The average Bonchev–Trinajstić information content (AvgIpc) is 3.00. The number of nitrogens with zero attached hydrogens (tertiary/aromatic N) is 2. The largest absolute Gasteiger partial charge is 0.379 e. The molecule has 0 spiro atoms. The average molecular weight is 341 g/mol. The second-order valence-corrected chi connectivity index (χ2v) is 8.18. The van der Waals surface area contributed by atoms with E-state index in [0.29, 0.717) is 24.5 Å². The van der Waals surface area contributed by atoms with Crippen LogP contribution in [0.1, 0.15) is 47.0 Å². The van der Waals surface area contributed by atoms with Crippen LogP contribution in [0.3, 0.4) is 0 Å². The van der Waals surface area contributed by atoms with Gasteiger partial charge in [0.2, 0.25) is 5.91 Å². The number of carbonyl (C=O) groups is 1. The monoisotopic (exact) mass is 340 g/mol. The first-order chi connectivity index (χ1) is 11.4. The van der Waals surface area contributed by atoms with Crippen molar-refractivity contribution >= 4 is 5.91 Å². The summed E-state index contributed by atoms with van der Waals surface area (Å²) in [6.45, 7) is 14.5. The third-order valence-corrected chi connectivity index (χ3v) is 4.69. The number of carbonyl (C=O) groups excluding carboxylic acids is 1. The molecule has 5 nitrogen and oxygen atoms in total. The standard InChI is InChI=1S/C19H36N2O3/c1-15(2)11-21(12-16(3)4)19(22)13-20-8-5-17(6-9-20)24-18-7-10-23-14-18/h15-18H,5-14H2,1-4H3. The quantitative estimate of drug-likeness (QED) is 0.680. The van der Waals surface area contributed by atoms with Crippen LogP contribution in [0.15, 0.2) is 0 Å². The van der Waals surface area contributed by atoms with Crippen LogP contribution in [0.5, 0.6) is 0 Å². The molecule has 0 aromatic carbocycles. The number of ether oxygens (including phenoxy) is 2. The maximum absolute atomic E-state index is 12.7. The van der Waals surface area contributed by atoms with Crippen LogP contribution < -0.4 is 0 Å². The van der Waals surface area contributed by atoms with Crippen molar-refractivity contribution in [3.8, 4) is 0 Å². The van der Waals surface area contributed by atoms with Gasteiger partial charge in [0.25, 0.3) is 0 Å². The molecular weight excluding hydrogens is 304 g/mol. The number of likely N-dealkylation sites (tertiary alicyclic amines) is 1. The summed E-state index contributed by atoms with van der Waals surface area (Å²) in [4.78, 5) is 17.0. The Balaban J connectivity index is 1.73. The van der Waals surface area contributed by atoms with Crippen molar-refractivity contribution in [2.45, 2.75) is 59.2 Å². The Morgan fingerprint density at radius 1 is 1.08 bits per heavy atom. The molecule has 0 aromatic heterocycles. The summed E-state index contributed by atoms with van der Waals surface area (Å²) in [6.07, 6.45) is 3.70. The zero-order chi connectivity index (χ0) is 17.5. The van der Waals surface area contributed by atoms with E-state index in [1.54, 1.807) is 0 Å². The van der Waals surface area contributed by atoms with E-state index >= 15 is 0 Å². The molecule has 2 aliphatic heterocycles. The SMILES string of the molecule is CC(C)CN(CC(C)C)C(=O)CN1CCC(OC2CCOC2)CC1. The molecule has 0 radical (unpaired) electrons. The molecule has 5 heteroatoms. The molecule has 1 amide bonds. The molecule has 1 atom stereocenters. The summed E-state index contributed by atoms with van der Waals surface area (Å²) in [5.41, 5.74) is 0. The number of hydrogen-bond donors (Lipinski definition) is 0. The Kier molecular flexibility index (Phi) is 7.98. The highest BCUT2D eigenvalue weighted by atomic mass is 16.5. The van der Waals surface area contributed by atoms with E-state index in [-0.39, 0.29) is 12.0 Å². The number of piperidine rings is 1. The van der Waals surface area contributed by atoms with Gasteiger partial charge in [-0.25, -0.2) is 0 Å². The van der Waals surface area contributed by atoms with E-state index < -0.39 is 0 Å². The maximum atomic E-state index is 12.7. The fraction of sp³-hybridized carbons (Fsp3) is 0.947. The van der Waals surface area contributed by atoms with Gasteiger partial charge in [-0.1, -0.05) is 27.7 Å². The minimum atomic E-state index is 0.279. The van der Waals surface area contributed by atoms with E-state index in [4.69, 9.17) is 9.47 Å². The first-order valence-electron chi connectivity index (χ1n) is 9.67. The molecule has 0 saturated carbocycles. The van der Waals surface area contributed by atoms with Crippen LogP contribution in [-0.2, 0) is 14.3 Å². The number of amides is 1. The predicted molar refractivity (Wildman–Crippen MR) is 96.0 cm³/mol. The predicted octanol–water partition coefficient (Wildman–Crippen LogP) is 2.40. The van der Waals surface area contributed by atoms with Crippen LogP contribution >= 0.6 is 0 Å². The Morgan fingerprint density at radius 3 is 2.21 bits per heavy atom. The van der Waals surface area contributed by atoms with Gasteiger partial charge in [-0.3, -0.25) is 9.69 Å². The minimum Gasteiger partial charge on any atom is -0.379 e. The van der Waals surface area contributed by atoms with Crippen molar-refractivity contribution < 1.29 is 14.3 Å². The Labute approximate surface area is 147 Å². The van der Waals surface area contributed by atoms with E-state index in [0.717, 1.165) is 58.7 Å². The van der Waals surface area contributed by atoms with Crippen LogP contribution in [0, 0.1) is 11.8 Å². The molecule has 2 aliphatic rings. The first kappa shape index (κ1) is 19.7. The van der Waals surface area contributed by atoms with Crippen molar-refractivity contribution in [3.05, 3.63) is 0 Å². The number of hydrogen-bond acceptors (Lipinski definition) is 4. The Bertz CT molecular complexity index is 363. The smallest absolute Gasteiger partial charge is 0.236 e. The summed E-state index contributed by atoms with van der Waals surface area (Å²) < 4.78 is 11.5. The van der Waals surface area contributed by atoms with Gasteiger partial charge in [0, 0.05) is 32.8 Å². The normalized spacial score (nSPS) is 23.3. The van der Waals surface area contributed by atoms with Gasteiger partial charge in [-0.05, 0) is 31.1 Å². The highest BCUT2D eigenvalue weighted by Gasteiger charge is 2.27. The fourth-order valence-electron chi connectivity index (χ4n) is 3.55. The van der Waals surface area contributed by atoms with Gasteiger partial charge in [0.05, 0.1) is 25.4 Å². The maximum Gasteiger partial charge on any atom is 0.236 e. The highest BCUT2D eigenvalue weighted by molar-refractivity contribution is 5.78. The molecule has 1 unspecified atom stereocenters. The lowest BCUT2D eigenvalue weighted by Crippen LogP contribution is -2.46. The molecule has 2 heterocycles. The van der Waals surface area contributed by atoms with Crippen LogP contribution in [0.2, 0.25) is 0 Å². The lowest BCUT2D eigenvalue weighted by molar-refractivity contribution is -0.134. The number of rotatable bonds is 8. The Morgan fingerprint density at radius 2 is 1.71 bits per heavy atom. The minimum absolute atomic E-state index is 0.279. The van der Waals surface area contributed by atoms with E-state index in [1.807, 2.05) is 4.90 Å². The van der Waals surface area contributed by atoms with Gasteiger partial charge in [0.1, 0.15) is 0 Å². The summed E-state index contributed by atoms with van der Waals surface area (Å²) >= 11 is 0. The molecule has 0 bridgehead atoms. The lowest BCUT2D eigenvalue weighted by Gasteiger charge is -2.34. The molecule has 24 heavy (non-hydrogen) atoms. The summed E-state index contributed by atoms with van der Waals surface area (Å²) in [5.74, 6) is 1.31. The van der Waals surface area contributed by atoms with Crippen LogP contribution in [-0.4, -0.2) is 73.9 Å². The van der Waals surface area contributed by atoms with Gasteiger partial charge in [-0.2, -0.15) is 0 Å². The summed E-state index contributed by atoms with van der Waals surface area (Å²) in [5, 5.41) is 0. The second kappa shape index (κ2) is 9.73. The van der Waals surface area contributed by atoms with Gasteiger partial charge < -0.3 is 14.4 Å². The van der Waals surface area contributed by atoms with Gasteiger partial charge in [0.15, 0.2) is 0 Å². The first-order valence-corrected chi connectivity index (χ1v) is 9.67. The van der Waals surface area contributed by atoms with Gasteiger partial charge in [-0.15, -0.1) is 0 Å². The zero-order valence-electron chi connectivity index (χ0n) is 16.0.